The Morgan fingerprint density at radius 2 is 1.80 bits per heavy atom. The van der Waals surface area contributed by atoms with E-state index in [9.17, 15) is 0 Å². The average Bonchev–Trinajstić information content (AvgIpc) is 1.84. The van der Waals surface area contributed by atoms with E-state index in [0.717, 1.165) is 0 Å². The Labute approximate surface area is 66.8 Å². The number of nitrogens with two attached hydrogens (primary N) is 2. The second-order valence-corrected chi connectivity index (χ2v) is 2.62. The van der Waals surface area contributed by atoms with Crippen molar-refractivity contribution in [2.75, 3.05) is 11.5 Å². The van der Waals surface area contributed by atoms with Crippen LogP contribution in [0, 0.1) is 6.92 Å². The Balaban J connectivity index is 3.28. The number of nitrogens with zero attached hydrogens (tertiary/aromatic N) is 2. The van der Waals surface area contributed by atoms with Crippen LogP contribution in [0.2, 0.25) is 0 Å². The van der Waals surface area contributed by atoms with E-state index in [-0.39, 0.29) is 0 Å². The summed E-state index contributed by atoms with van der Waals surface area (Å²) in [5.41, 5.74) is 11.5. The van der Waals surface area contributed by atoms with Crippen molar-refractivity contribution in [3.05, 3.63) is 10.3 Å². The minimum atomic E-state index is 0.322. The molecule has 0 saturated carbocycles. The highest BCUT2D eigenvalue weighted by Crippen LogP contribution is 2.16. The number of rotatable bonds is 0. The van der Waals surface area contributed by atoms with Gasteiger partial charge in [-0.3, -0.25) is 0 Å². The number of hydrogen-bond acceptors (Lipinski definition) is 4. The van der Waals surface area contributed by atoms with Gasteiger partial charge in [-0.2, -0.15) is 0 Å². The van der Waals surface area contributed by atoms with Gasteiger partial charge in [0.25, 0.3) is 0 Å². The van der Waals surface area contributed by atoms with E-state index in [4.69, 9.17) is 11.5 Å². The van der Waals surface area contributed by atoms with E-state index >= 15 is 0 Å². The Kier molecular flexibility index (Phi) is 1.76. The summed E-state index contributed by atoms with van der Waals surface area (Å²) in [6.07, 6.45) is 0. The van der Waals surface area contributed by atoms with E-state index in [1.54, 1.807) is 6.92 Å². The largest absolute Gasteiger partial charge is 0.382 e. The van der Waals surface area contributed by atoms with Crippen molar-refractivity contribution < 1.29 is 0 Å². The lowest BCUT2D eigenvalue weighted by Gasteiger charge is -2.00. The van der Waals surface area contributed by atoms with Crippen LogP contribution in [0.5, 0.6) is 0 Å². The first-order valence-corrected chi connectivity index (χ1v) is 3.45. The number of aromatic nitrogens is 2. The zero-order valence-corrected chi connectivity index (χ0v) is 7.01. The van der Waals surface area contributed by atoms with Crippen molar-refractivity contribution in [2.45, 2.75) is 6.92 Å². The summed E-state index contributed by atoms with van der Waals surface area (Å²) in [5.74, 6) is 0.698. The molecule has 0 spiro atoms. The van der Waals surface area contributed by atoms with Gasteiger partial charge in [-0.15, -0.1) is 0 Å². The molecule has 0 aromatic carbocycles. The highest BCUT2D eigenvalue weighted by molar-refractivity contribution is 9.10. The van der Waals surface area contributed by atoms with Crippen LogP contribution < -0.4 is 11.5 Å². The summed E-state index contributed by atoms with van der Waals surface area (Å²) >= 11 is 3.13. The minimum Gasteiger partial charge on any atom is -0.382 e. The van der Waals surface area contributed by atoms with Gasteiger partial charge in [0, 0.05) is 0 Å². The van der Waals surface area contributed by atoms with Crippen LogP contribution >= 0.6 is 15.9 Å². The molecular formula is C5H7BrN4. The molecule has 1 aromatic heterocycles. The van der Waals surface area contributed by atoms with Crippen LogP contribution in [-0.4, -0.2) is 9.97 Å². The maximum atomic E-state index is 5.42. The average molecular weight is 203 g/mol. The number of nitrogen functional groups attached to an aromatic ring is 2. The first kappa shape index (κ1) is 7.27. The quantitative estimate of drug-likeness (QED) is 0.650. The fraction of sp³-hybridized carbons (Fsp3) is 0.200. The molecule has 54 valence electrons. The first-order chi connectivity index (χ1) is 4.61. The molecule has 0 unspecified atom stereocenters. The maximum Gasteiger partial charge on any atom is 0.159 e. The van der Waals surface area contributed by atoms with Crippen molar-refractivity contribution in [3.63, 3.8) is 0 Å². The third-order valence-corrected chi connectivity index (χ3v) is 1.67. The van der Waals surface area contributed by atoms with Crippen molar-refractivity contribution >= 4 is 27.6 Å². The zero-order valence-electron chi connectivity index (χ0n) is 5.43. The van der Waals surface area contributed by atoms with Gasteiger partial charge >= 0.3 is 0 Å². The Bertz CT molecular complexity index is 210. The summed E-state index contributed by atoms with van der Waals surface area (Å²) in [7, 11) is 0. The van der Waals surface area contributed by atoms with Crippen LogP contribution in [0.4, 0.5) is 11.6 Å². The Morgan fingerprint density at radius 1 is 1.20 bits per heavy atom. The van der Waals surface area contributed by atoms with Gasteiger partial charge in [0.15, 0.2) is 5.82 Å². The minimum absolute atomic E-state index is 0.322. The van der Waals surface area contributed by atoms with E-state index in [2.05, 4.69) is 25.9 Å². The molecule has 0 aliphatic rings. The third kappa shape index (κ3) is 1.18. The molecule has 1 rings (SSSR count). The maximum absolute atomic E-state index is 5.42. The fourth-order valence-corrected chi connectivity index (χ4v) is 0.873. The molecule has 5 heteroatoms. The molecule has 0 aliphatic heterocycles. The molecule has 10 heavy (non-hydrogen) atoms. The lowest BCUT2D eigenvalue weighted by molar-refractivity contribution is 1.11. The summed E-state index contributed by atoms with van der Waals surface area (Å²) in [6, 6.07) is 0. The van der Waals surface area contributed by atoms with E-state index in [0.29, 0.717) is 21.9 Å². The molecule has 0 fully saturated rings. The second kappa shape index (κ2) is 2.42. The van der Waals surface area contributed by atoms with Crippen LogP contribution in [0.15, 0.2) is 4.60 Å². The van der Waals surface area contributed by atoms with E-state index in [1.807, 2.05) is 0 Å². The molecule has 4 N–H and O–H groups in total. The van der Waals surface area contributed by atoms with Crippen LogP contribution in [0.1, 0.15) is 5.69 Å². The molecule has 4 nitrogen and oxygen atoms in total. The SMILES string of the molecule is Cc1nc(Br)c(N)nc1N. The first-order valence-electron chi connectivity index (χ1n) is 2.66. The zero-order chi connectivity index (χ0) is 7.72. The van der Waals surface area contributed by atoms with Gasteiger partial charge in [-0.1, -0.05) is 0 Å². The monoisotopic (exact) mass is 202 g/mol. The number of anilines is 2. The lowest BCUT2D eigenvalue weighted by atomic mass is 10.4. The molecule has 0 saturated heterocycles. The molecule has 0 amide bonds. The van der Waals surface area contributed by atoms with Gasteiger partial charge < -0.3 is 11.5 Å². The third-order valence-electron chi connectivity index (χ3n) is 1.09. The summed E-state index contributed by atoms with van der Waals surface area (Å²) in [4.78, 5) is 7.80. The predicted molar refractivity (Wildman–Crippen MR) is 43.3 cm³/mol. The normalized spacial score (nSPS) is 9.80. The van der Waals surface area contributed by atoms with Gasteiger partial charge in [0.1, 0.15) is 10.4 Å². The fourth-order valence-electron chi connectivity index (χ4n) is 0.519. The van der Waals surface area contributed by atoms with Gasteiger partial charge in [-0.05, 0) is 22.9 Å². The lowest BCUT2D eigenvalue weighted by Crippen LogP contribution is -2.02. The summed E-state index contributed by atoms with van der Waals surface area (Å²) in [6.45, 7) is 1.77. The topological polar surface area (TPSA) is 77.8 Å². The van der Waals surface area contributed by atoms with Crippen LogP contribution in [0.3, 0.4) is 0 Å². The summed E-state index contributed by atoms with van der Waals surface area (Å²) in [5, 5.41) is 0. The highest BCUT2D eigenvalue weighted by atomic mass is 79.9. The molecule has 0 radical (unpaired) electrons. The van der Waals surface area contributed by atoms with Crippen molar-refractivity contribution in [3.8, 4) is 0 Å². The second-order valence-electron chi connectivity index (χ2n) is 1.87. The van der Waals surface area contributed by atoms with Crippen molar-refractivity contribution in [1.82, 2.24) is 9.97 Å². The highest BCUT2D eigenvalue weighted by Gasteiger charge is 2.01. The van der Waals surface area contributed by atoms with Gasteiger partial charge in [0.05, 0.1) is 5.69 Å². The molecule has 0 atom stereocenters. The predicted octanol–water partition coefficient (Wildman–Crippen LogP) is 0.712. The molecular weight excluding hydrogens is 196 g/mol. The molecule has 0 aliphatic carbocycles. The number of hydrogen-bond donors (Lipinski definition) is 2. The van der Waals surface area contributed by atoms with E-state index < -0.39 is 0 Å². The number of halogens is 1. The standard InChI is InChI=1S/C5H7BrN4/c1-2-4(7)10-5(8)3(6)9-2/h1H3,(H4,7,8,10). The van der Waals surface area contributed by atoms with Gasteiger partial charge in [0.2, 0.25) is 0 Å². The number of aryl methyl sites for hydroxylation is 1. The van der Waals surface area contributed by atoms with Crippen molar-refractivity contribution in [2.24, 2.45) is 0 Å². The van der Waals surface area contributed by atoms with Crippen LogP contribution in [0.25, 0.3) is 0 Å². The smallest absolute Gasteiger partial charge is 0.159 e. The Morgan fingerprint density at radius 3 is 2.30 bits per heavy atom. The molecule has 1 heterocycles. The van der Waals surface area contributed by atoms with Crippen LogP contribution in [-0.2, 0) is 0 Å². The molecule has 0 bridgehead atoms. The van der Waals surface area contributed by atoms with Crippen molar-refractivity contribution in [1.29, 1.82) is 0 Å². The molecule has 1 aromatic rings. The van der Waals surface area contributed by atoms with E-state index in [1.165, 1.54) is 0 Å². The van der Waals surface area contributed by atoms with Gasteiger partial charge in [-0.25, -0.2) is 9.97 Å². The summed E-state index contributed by atoms with van der Waals surface area (Å²) < 4.78 is 0.541. The Hall–Kier alpha value is -0.840.